The van der Waals surface area contributed by atoms with Gasteiger partial charge in [-0.15, -0.1) is 24.0 Å². The number of nitrogens with zero attached hydrogens (tertiary/aromatic N) is 1. The van der Waals surface area contributed by atoms with E-state index in [0.717, 1.165) is 11.4 Å². The van der Waals surface area contributed by atoms with E-state index in [1.807, 2.05) is 24.3 Å². The molecule has 0 bridgehead atoms. The van der Waals surface area contributed by atoms with Gasteiger partial charge < -0.3 is 20.5 Å². The highest BCUT2D eigenvalue weighted by atomic mass is 127. The highest BCUT2D eigenvalue weighted by Crippen LogP contribution is 2.14. The van der Waals surface area contributed by atoms with Crippen molar-refractivity contribution < 1.29 is 13.9 Å². The van der Waals surface area contributed by atoms with Gasteiger partial charge in [0.05, 0.1) is 13.7 Å². The fourth-order valence-electron chi connectivity index (χ4n) is 1.75. The van der Waals surface area contributed by atoms with Crippen LogP contribution in [0.2, 0.25) is 0 Å². The Labute approximate surface area is 151 Å². The summed E-state index contributed by atoms with van der Waals surface area (Å²) in [6.07, 6.45) is 0. The lowest BCUT2D eigenvalue weighted by molar-refractivity contribution is 0.327. The Morgan fingerprint density at radius 3 is 2.57 bits per heavy atom. The number of benzene rings is 2. The number of aliphatic imine (C=N–C) groups is 1. The molecule has 0 unspecified atom stereocenters. The third-order valence-electron chi connectivity index (χ3n) is 2.80. The molecule has 0 spiro atoms. The summed E-state index contributed by atoms with van der Waals surface area (Å²) < 4.78 is 23.4. The van der Waals surface area contributed by atoms with E-state index < -0.39 is 0 Å². The summed E-state index contributed by atoms with van der Waals surface area (Å²) in [5, 5.41) is 2.96. The summed E-state index contributed by atoms with van der Waals surface area (Å²) in [4.78, 5) is 4.13. The van der Waals surface area contributed by atoms with Gasteiger partial charge in [0.25, 0.3) is 0 Å². The molecule has 0 fully saturated rings. The molecule has 0 atom stereocenters. The molecule has 0 amide bonds. The van der Waals surface area contributed by atoms with Gasteiger partial charge >= 0.3 is 0 Å². The molecule has 0 saturated carbocycles. The smallest absolute Gasteiger partial charge is 0.193 e. The number of hydrogen-bond acceptors (Lipinski definition) is 3. The van der Waals surface area contributed by atoms with Crippen LogP contribution >= 0.6 is 24.0 Å². The van der Waals surface area contributed by atoms with Crippen LogP contribution in [0.25, 0.3) is 0 Å². The first-order valence-corrected chi connectivity index (χ1v) is 6.77. The van der Waals surface area contributed by atoms with E-state index >= 15 is 0 Å². The Morgan fingerprint density at radius 1 is 1.17 bits per heavy atom. The molecule has 3 N–H and O–H groups in total. The second-order valence-electron chi connectivity index (χ2n) is 4.43. The number of guanidine groups is 1. The van der Waals surface area contributed by atoms with Crippen molar-refractivity contribution in [3.63, 3.8) is 0 Å². The number of nitrogens with two attached hydrogens (primary N) is 1. The quantitative estimate of drug-likeness (QED) is 0.319. The minimum absolute atomic E-state index is 0. The maximum Gasteiger partial charge on any atom is 0.193 e. The lowest BCUT2D eigenvalue weighted by Crippen LogP contribution is -2.23. The summed E-state index contributed by atoms with van der Waals surface area (Å²) in [6.45, 7) is 0.681. The Morgan fingerprint density at radius 2 is 1.91 bits per heavy atom. The maximum absolute atomic E-state index is 13.0. The van der Waals surface area contributed by atoms with Crippen LogP contribution < -0.4 is 20.5 Å². The summed E-state index contributed by atoms with van der Waals surface area (Å²) in [6, 6.07) is 13.3. The third-order valence-corrected chi connectivity index (χ3v) is 2.80. The number of ether oxygens (including phenoxy) is 2. The average molecular weight is 431 g/mol. The van der Waals surface area contributed by atoms with Crippen LogP contribution in [0.5, 0.6) is 11.5 Å². The summed E-state index contributed by atoms with van der Waals surface area (Å²) >= 11 is 0. The Hall–Kier alpha value is -2.03. The minimum Gasteiger partial charge on any atom is -0.497 e. The van der Waals surface area contributed by atoms with Crippen molar-refractivity contribution in [1.82, 2.24) is 0 Å². The van der Waals surface area contributed by atoms with Gasteiger partial charge in [0.1, 0.15) is 23.9 Å². The lowest BCUT2D eigenvalue weighted by atomic mass is 10.3. The van der Waals surface area contributed by atoms with Crippen LogP contribution in [0.1, 0.15) is 0 Å². The molecule has 124 valence electrons. The molecule has 5 nitrogen and oxygen atoms in total. The van der Waals surface area contributed by atoms with Crippen LogP contribution in [0.3, 0.4) is 0 Å². The molecule has 2 rings (SSSR count). The minimum atomic E-state index is -0.332. The van der Waals surface area contributed by atoms with Crippen molar-refractivity contribution in [2.24, 2.45) is 10.7 Å². The predicted octanol–water partition coefficient (Wildman–Crippen LogP) is 3.26. The molecule has 2 aromatic carbocycles. The van der Waals surface area contributed by atoms with Gasteiger partial charge in [0.15, 0.2) is 5.96 Å². The summed E-state index contributed by atoms with van der Waals surface area (Å²) in [7, 11) is 1.61. The molecule has 0 heterocycles. The number of hydrogen-bond donors (Lipinski definition) is 2. The van der Waals surface area contributed by atoms with E-state index in [0.29, 0.717) is 18.9 Å². The van der Waals surface area contributed by atoms with Gasteiger partial charge in [-0.25, -0.2) is 9.38 Å². The Balaban J connectivity index is 0.00000264. The Bertz CT molecular complexity index is 635. The molecular formula is C16H19FIN3O2. The second kappa shape index (κ2) is 9.88. The molecule has 7 heteroatoms. The van der Waals surface area contributed by atoms with Crippen molar-refractivity contribution >= 4 is 35.6 Å². The standard InChI is InChI=1S/C16H18FN3O2.HI/c1-21-14-7-5-13(6-8-14)20-16(18)19-9-10-22-15-4-2-3-12(17)11-15;/h2-8,11H,9-10H2,1H3,(H3,18,19,20);1H. The van der Waals surface area contributed by atoms with E-state index in [-0.39, 0.29) is 35.8 Å². The number of methoxy groups -OCH3 is 1. The van der Waals surface area contributed by atoms with Crippen LogP contribution in [-0.4, -0.2) is 26.2 Å². The first-order valence-electron chi connectivity index (χ1n) is 6.77. The molecular weight excluding hydrogens is 412 g/mol. The molecule has 0 saturated heterocycles. The van der Waals surface area contributed by atoms with Crippen molar-refractivity contribution in [1.29, 1.82) is 0 Å². The van der Waals surface area contributed by atoms with E-state index in [1.165, 1.54) is 12.1 Å². The number of nitrogens with one attached hydrogen (secondary N) is 1. The maximum atomic E-state index is 13.0. The highest BCUT2D eigenvalue weighted by molar-refractivity contribution is 14.0. The molecule has 0 radical (unpaired) electrons. The van der Waals surface area contributed by atoms with Crippen molar-refractivity contribution in [2.75, 3.05) is 25.6 Å². The molecule has 0 aromatic heterocycles. The summed E-state index contributed by atoms with van der Waals surface area (Å²) in [5.41, 5.74) is 6.58. The van der Waals surface area contributed by atoms with Gasteiger partial charge in [0, 0.05) is 11.8 Å². The average Bonchev–Trinajstić information content (AvgIpc) is 2.52. The van der Waals surface area contributed by atoms with Crippen molar-refractivity contribution in [2.45, 2.75) is 0 Å². The fraction of sp³-hybridized carbons (Fsp3) is 0.188. The van der Waals surface area contributed by atoms with Crippen molar-refractivity contribution in [3.8, 4) is 11.5 Å². The van der Waals surface area contributed by atoms with Gasteiger partial charge in [0.2, 0.25) is 0 Å². The molecule has 2 aromatic rings. The third kappa shape index (κ3) is 6.72. The largest absolute Gasteiger partial charge is 0.497 e. The molecule has 23 heavy (non-hydrogen) atoms. The van der Waals surface area contributed by atoms with Crippen LogP contribution in [-0.2, 0) is 0 Å². The molecule has 0 aliphatic heterocycles. The zero-order valence-corrected chi connectivity index (χ0v) is 15.0. The van der Waals surface area contributed by atoms with Gasteiger partial charge in [-0.05, 0) is 36.4 Å². The molecule has 0 aliphatic rings. The predicted molar refractivity (Wildman–Crippen MR) is 100 cm³/mol. The Kier molecular flexibility index (Phi) is 8.17. The highest BCUT2D eigenvalue weighted by Gasteiger charge is 1.97. The van der Waals surface area contributed by atoms with Gasteiger partial charge in [-0.2, -0.15) is 0 Å². The van der Waals surface area contributed by atoms with Crippen molar-refractivity contribution in [3.05, 3.63) is 54.3 Å². The normalized spacial score (nSPS) is 10.6. The zero-order chi connectivity index (χ0) is 15.8. The van der Waals surface area contributed by atoms with Crippen LogP contribution in [0.4, 0.5) is 10.1 Å². The number of anilines is 1. The number of halogens is 2. The topological polar surface area (TPSA) is 68.9 Å². The zero-order valence-electron chi connectivity index (χ0n) is 12.7. The van der Waals surface area contributed by atoms with E-state index in [1.54, 1.807) is 19.2 Å². The SMILES string of the molecule is COc1ccc(NC(N)=NCCOc2cccc(F)c2)cc1.I. The monoisotopic (exact) mass is 431 g/mol. The van der Waals surface area contributed by atoms with E-state index in [4.69, 9.17) is 15.2 Å². The van der Waals surface area contributed by atoms with Crippen LogP contribution in [0.15, 0.2) is 53.5 Å². The molecule has 0 aliphatic carbocycles. The number of rotatable bonds is 6. The van der Waals surface area contributed by atoms with Gasteiger partial charge in [-0.1, -0.05) is 6.07 Å². The first-order chi connectivity index (χ1) is 10.7. The van der Waals surface area contributed by atoms with E-state index in [2.05, 4.69) is 10.3 Å². The van der Waals surface area contributed by atoms with E-state index in [9.17, 15) is 4.39 Å². The van der Waals surface area contributed by atoms with Crippen LogP contribution in [0, 0.1) is 5.82 Å². The fourth-order valence-corrected chi connectivity index (χ4v) is 1.75. The summed E-state index contributed by atoms with van der Waals surface area (Å²) in [5.74, 6) is 1.19. The van der Waals surface area contributed by atoms with Gasteiger partial charge in [-0.3, -0.25) is 0 Å². The lowest BCUT2D eigenvalue weighted by Gasteiger charge is -2.07. The first kappa shape index (κ1) is 19.0. The second-order valence-corrected chi connectivity index (χ2v) is 4.43.